The van der Waals surface area contributed by atoms with Gasteiger partial charge in [0.15, 0.2) is 11.5 Å². The number of rotatable bonds is 1. The lowest BCUT2D eigenvalue weighted by Gasteiger charge is -2.49. The average molecular weight is 366 g/mol. The molecule has 2 aliphatic heterocycles. The minimum atomic E-state index is -1.57. The van der Waals surface area contributed by atoms with Gasteiger partial charge in [0.1, 0.15) is 18.3 Å². The van der Waals surface area contributed by atoms with Crippen molar-refractivity contribution in [3.63, 3.8) is 0 Å². The maximum absolute atomic E-state index is 12.5. The molecular formula is C16H18N2O8. The van der Waals surface area contributed by atoms with Crippen molar-refractivity contribution < 1.29 is 39.5 Å². The van der Waals surface area contributed by atoms with E-state index in [1.54, 1.807) is 0 Å². The van der Waals surface area contributed by atoms with Gasteiger partial charge in [0.2, 0.25) is 18.4 Å². The van der Waals surface area contributed by atoms with E-state index in [0.717, 1.165) is 0 Å². The molecule has 1 fully saturated rings. The Morgan fingerprint density at radius 1 is 1.23 bits per heavy atom. The van der Waals surface area contributed by atoms with E-state index in [1.807, 2.05) is 0 Å². The summed E-state index contributed by atoms with van der Waals surface area (Å²) in [6.07, 6.45) is -4.52. The van der Waals surface area contributed by atoms with Crippen molar-refractivity contribution in [1.82, 2.24) is 10.6 Å². The first-order valence-corrected chi connectivity index (χ1v) is 8.09. The molecule has 6 N–H and O–H groups in total. The molecule has 140 valence electrons. The topological polar surface area (TPSA) is 158 Å². The fraction of sp³-hybridized carbons (Fsp3) is 0.500. The van der Waals surface area contributed by atoms with E-state index in [4.69, 9.17) is 9.47 Å². The highest BCUT2D eigenvalue weighted by Gasteiger charge is 2.54. The van der Waals surface area contributed by atoms with E-state index in [2.05, 4.69) is 10.6 Å². The number of fused-ring (bicyclic) bond motifs is 4. The summed E-state index contributed by atoms with van der Waals surface area (Å²) in [5.74, 6) is -2.10. The molecule has 0 radical (unpaired) electrons. The van der Waals surface area contributed by atoms with E-state index < -0.39 is 53.9 Å². The molecule has 2 amide bonds. The monoisotopic (exact) mass is 366 g/mol. The molecule has 10 nitrogen and oxygen atoms in total. The van der Waals surface area contributed by atoms with Gasteiger partial charge in [-0.25, -0.2) is 0 Å². The molecule has 1 aromatic rings. The molecule has 0 spiro atoms. The zero-order chi connectivity index (χ0) is 18.7. The number of carbonyl (C=O) groups excluding carboxylic acids is 2. The Labute approximate surface area is 147 Å². The Balaban J connectivity index is 1.90. The van der Waals surface area contributed by atoms with Crippen LogP contribution in [0.1, 0.15) is 28.8 Å². The molecule has 0 aromatic heterocycles. The molecule has 6 atom stereocenters. The van der Waals surface area contributed by atoms with Crippen molar-refractivity contribution in [2.24, 2.45) is 0 Å². The maximum Gasteiger partial charge on any atom is 0.255 e. The van der Waals surface area contributed by atoms with Gasteiger partial charge in [-0.2, -0.15) is 0 Å². The summed E-state index contributed by atoms with van der Waals surface area (Å²) in [4.78, 5) is 24.1. The molecule has 1 aliphatic carbocycles. The highest BCUT2D eigenvalue weighted by Crippen LogP contribution is 2.50. The van der Waals surface area contributed by atoms with Crippen molar-refractivity contribution in [1.29, 1.82) is 0 Å². The molecule has 10 heteroatoms. The average Bonchev–Trinajstić information content (AvgIpc) is 3.05. The minimum Gasteiger partial charge on any atom is -0.504 e. The van der Waals surface area contributed by atoms with Crippen LogP contribution in [0, 0.1) is 0 Å². The van der Waals surface area contributed by atoms with Gasteiger partial charge in [0.25, 0.3) is 5.91 Å². The van der Waals surface area contributed by atoms with Gasteiger partial charge in [-0.3, -0.25) is 9.59 Å². The fourth-order valence-corrected chi connectivity index (χ4v) is 4.02. The first-order valence-electron chi connectivity index (χ1n) is 8.09. The van der Waals surface area contributed by atoms with E-state index in [-0.39, 0.29) is 29.4 Å². The predicted octanol–water partition coefficient (Wildman–Crippen LogP) is -2.08. The van der Waals surface area contributed by atoms with Gasteiger partial charge in [-0.15, -0.1) is 0 Å². The van der Waals surface area contributed by atoms with Gasteiger partial charge in [-0.05, 0) is 11.6 Å². The molecule has 0 saturated heterocycles. The fourth-order valence-electron chi connectivity index (χ4n) is 4.02. The van der Waals surface area contributed by atoms with E-state index in [0.29, 0.717) is 0 Å². The summed E-state index contributed by atoms with van der Waals surface area (Å²) < 4.78 is 10.4. The molecule has 0 bridgehead atoms. The second-order valence-electron chi connectivity index (χ2n) is 6.65. The molecule has 1 saturated carbocycles. The largest absolute Gasteiger partial charge is 0.504 e. The summed E-state index contributed by atoms with van der Waals surface area (Å²) in [6, 6.07) is -0.500. The first-order chi connectivity index (χ1) is 12.3. The molecule has 4 rings (SSSR count). The molecule has 1 aromatic carbocycles. The molecule has 26 heavy (non-hydrogen) atoms. The Morgan fingerprint density at radius 3 is 2.65 bits per heavy atom. The first kappa shape index (κ1) is 16.9. The molecular weight excluding hydrogens is 348 g/mol. The van der Waals surface area contributed by atoms with Crippen molar-refractivity contribution in [2.75, 3.05) is 6.79 Å². The molecule has 3 aliphatic rings. The number of amides is 2. The number of ether oxygens (including phenoxy) is 2. The smallest absolute Gasteiger partial charge is 0.255 e. The van der Waals surface area contributed by atoms with Crippen molar-refractivity contribution in [2.45, 2.75) is 43.2 Å². The Morgan fingerprint density at radius 2 is 1.96 bits per heavy atom. The van der Waals surface area contributed by atoms with Gasteiger partial charge in [0.05, 0.1) is 17.6 Å². The van der Waals surface area contributed by atoms with Crippen LogP contribution in [0.3, 0.4) is 0 Å². The number of aliphatic hydroxyl groups excluding tert-OH is 3. The lowest BCUT2D eigenvalue weighted by molar-refractivity contribution is -0.133. The highest BCUT2D eigenvalue weighted by atomic mass is 16.7. The van der Waals surface area contributed by atoms with Gasteiger partial charge >= 0.3 is 0 Å². The van der Waals surface area contributed by atoms with Crippen LogP contribution in [0.25, 0.3) is 0 Å². The maximum atomic E-state index is 12.5. The summed E-state index contributed by atoms with van der Waals surface area (Å²) in [5, 5.41) is 46.4. The third kappa shape index (κ3) is 2.23. The Bertz CT molecular complexity index is 797. The van der Waals surface area contributed by atoms with Crippen LogP contribution >= 0.6 is 0 Å². The van der Waals surface area contributed by atoms with Crippen LogP contribution in [0.4, 0.5) is 0 Å². The summed E-state index contributed by atoms with van der Waals surface area (Å²) in [5.41, 5.74) is 0.200. The quantitative estimate of drug-likeness (QED) is 0.330. The van der Waals surface area contributed by atoms with Crippen LogP contribution in [0.5, 0.6) is 17.2 Å². The number of hydrogen-bond donors (Lipinski definition) is 6. The number of phenolic OH excluding ortho intramolecular Hbond substituents is 1. The van der Waals surface area contributed by atoms with Gasteiger partial charge < -0.3 is 40.5 Å². The highest BCUT2D eigenvalue weighted by molar-refractivity contribution is 6.01. The van der Waals surface area contributed by atoms with Crippen LogP contribution in [-0.2, 0) is 4.79 Å². The van der Waals surface area contributed by atoms with Gasteiger partial charge in [-0.1, -0.05) is 0 Å². The zero-order valence-electron chi connectivity index (χ0n) is 13.7. The zero-order valence-corrected chi connectivity index (χ0v) is 13.7. The van der Waals surface area contributed by atoms with Crippen molar-refractivity contribution >= 4 is 11.8 Å². The Hall–Kier alpha value is -2.56. The summed E-state index contributed by atoms with van der Waals surface area (Å²) in [7, 11) is 0. The second kappa shape index (κ2) is 5.73. The van der Waals surface area contributed by atoms with E-state index >= 15 is 0 Å². The molecule has 2 heterocycles. The van der Waals surface area contributed by atoms with Crippen molar-refractivity contribution in [3.8, 4) is 17.2 Å². The number of hydrogen-bond acceptors (Lipinski definition) is 8. The van der Waals surface area contributed by atoms with Crippen molar-refractivity contribution in [3.05, 3.63) is 17.2 Å². The van der Waals surface area contributed by atoms with Gasteiger partial charge in [0, 0.05) is 12.8 Å². The predicted molar refractivity (Wildman–Crippen MR) is 83.9 cm³/mol. The van der Waals surface area contributed by atoms with E-state index in [9.17, 15) is 30.0 Å². The summed E-state index contributed by atoms with van der Waals surface area (Å²) in [6.45, 7) is 1.12. The Kier molecular flexibility index (Phi) is 3.72. The van der Waals surface area contributed by atoms with Crippen LogP contribution in [-0.4, -0.2) is 69.4 Å². The normalized spacial score (nSPS) is 34.5. The third-order valence-corrected chi connectivity index (χ3v) is 5.13. The number of benzene rings is 1. The minimum absolute atomic E-state index is 0.0327. The van der Waals surface area contributed by atoms with E-state index in [1.165, 1.54) is 13.0 Å². The standard InChI is InChI=1S/C16H18N2O8/c1-4(19)17-9-7-5-2-6-15(26-3-25-6)11(20)8(5)16(24)18-10(7)13(22)14(23)12(9)21/h2,7,9-10,12-14,20-23H,3H2,1H3,(H,17,19)(H,18,24). The van der Waals surface area contributed by atoms with Crippen LogP contribution in [0.15, 0.2) is 6.07 Å². The number of phenols is 1. The number of aliphatic hydroxyl groups is 3. The lowest BCUT2D eigenvalue weighted by atomic mass is 9.69. The lowest BCUT2D eigenvalue weighted by Crippen LogP contribution is -2.69. The van der Waals surface area contributed by atoms with Crippen LogP contribution in [0.2, 0.25) is 0 Å². The SMILES string of the molecule is CC(=O)NC1C(O)C(O)C(O)C2NC(=O)c3c(cc4c(c3O)OCO4)C12. The number of aromatic hydroxyl groups is 1. The number of nitrogens with one attached hydrogen (secondary N) is 2. The van der Waals surface area contributed by atoms with Crippen LogP contribution < -0.4 is 20.1 Å². The molecule has 6 unspecified atom stereocenters. The third-order valence-electron chi connectivity index (χ3n) is 5.13. The second-order valence-corrected chi connectivity index (χ2v) is 6.65. The summed E-state index contributed by atoms with van der Waals surface area (Å²) >= 11 is 0. The number of carbonyl (C=O) groups is 2.